The molecule has 0 spiro atoms. The average Bonchev–Trinajstić information content (AvgIpc) is 2.36. The summed E-state index contributed by atoms with van der Waals surface area (Å²) in [4.78, 5) is 22.2. The second-order valence-electron chi connectivity index (χ2n) is 3.62. The number of rotatable bonds is 6. The number of carbonyl (C=O) groups excluding carboxylic acids is 2. The van der Waals surface area contributed by atoms with Gasteiger partial charge in [-0.2, -0.15) is 0 Å². The predicted molar refractivity (Wildman–Crippen MR) is 68.4 cm³/mol. The van der Waals surface area contributed by atoms with Crippen molar-refractivity contribution in [3.8, 4) is 0 Å². The maximum atomic E-state index is 13.6. The largest absolute Gasteiger partial charge is 0.448 e. The number of nitrogens with two attached hydrogens (primary N) is 1. The van der Waals surface area contributed by atoms with Gasteiger partial charge in [0.15, 0.2) is 0 Å². The standard InChI is InChI=1S/C12H16FN3O3/c1-2-15-10-8(4-3-5-9(10)13)11(17)16-6-7-19-12(14)18/h3-5,15H,2,6-7H2,1H3,(H2,14,18)(H,16,17). The number of nitrogens with one attached hydrogen (secondary N) is 2. The SMILES string of the molecule is CCNc1c(F)cccc1C(=O)NCCOC(N)=O. The molecule has 0 radical (unpaired) electrons. The summed E-state index contributed by atoms with van der Waals surface area (Å²) in [6, 6.07) is 4.22. The minimum atomic E-state index is -0.909. The van der Waals surface area contributed by atoms with Crippen LogP contribution in [0.3, 0.4) is 0 Å². The van der Waals surface area contributed by atoms with Crippen LogP contribution in [0.4, 0.5) is 14.9 Å². The molecule has 6 nitrogen and oxygen atoms in total. The van der Waals surface area contributed by atoms with Gasteiger partial charge in [-0.1, -0.05) is 6.07 Å². The summed E-state index contributed by atoms with van der Waals surface area (Å²) in [5, 5.41) is 5.29. The fraction of sp³-hybridized carbons (Fsp3) is 0.333. The summed E-state index contributed by atoms with van der Waals surface area (Å²) in [5.74, 6) is -0.952. The highest BCUT2D eigenvalue weighted by atomic mass is 19.1. The minimum absolute atomic E-state index is 0.0348. The highest BCUT2D eigenvalue weighted by Crippen LogP contribution is 2.19. The normalized spacial score (nSPS) is 9.79. The van der Waals surface area contributed by atoms with Crippen molar-refractivity contribution in [2.45, 2.75) is 6.92 Å². The predicted octanol–water partition coefficient (Wildman–Crippen LogP) is 1.08. The third-order valence-corrected chi connectivity index (χ3v) is 2.24. The van der Waals surface area contributed by atoms with Crippen LogP contribution in [0.5, 0.6) is 0 Å². The molecule has 104 valence electrons. The first-order valence-corrected chi connectivity index (χ1v) is 5.79. The molecule has 0 atom stereocenters. The molecule has 0 saturated heterocycles. The zero-order valence-corrected chi connectivity index (χ0v) is 10.5. The van der Waals surface area contributed by atoms with Crippen LogP contribution >= 0.6 is 0 Å². The first-order chi connectivity index (χ1) is 9.06. The fourth-order valence-corrected chi connectivity index (χ4v) is 1.48. The van der Waals surface area contributed by atoms with Crippen molar-refractivity contribution >= 4 is 17.7 Å². The smallest absolute Gasteiger partial charge is 0.404 e. The molecule has 1 rings (SSSR count). The molecule has 1 aromatic rings. The third kappa shape index (κ3) is 4.46. The van der Waals surface area contributed by atoms with Crippen LogP contribution in [0.25, 0.3) is 0 Å². The molecule has 0 aliphatic carbocycles. The summed E-state index contributed by atoms with van der Waals surface area (Å²) in [7, 11) is 0. The first kappa shape index (κ1) is 14.7. The van der Waals surface area contributed by atoms with Gasteiger partial charge < -0.3 is 21.1 Å². The van der Waals surface area contributed by atoms with Crippen molar-refractivity contribution in [2.24, 2.45) is 5.73 Å². The second kappa shape index (κ2) is 7.20. The van der Waals surface area contributed by atoms with E-state index in [-0.39, 0.29) is 24.4 Å². The van der Waals surface area contributed by atoms with E-state index in [1.54, 1.807) is 6.92 Å². The van der Waals surface area contributed by atoms with E-state index >= 15 is 0 Å². The summed E-state index contributed by atoms with van der Waals surface area (Å²) in [5.41, 5.74) is 5.12. The molecule has 0 heterocycles. The van der Waals surface area contributed by atoms with Gasteiger partial charge in [0.1, 0.15) is 12.4 Å². The molecule has 0 aromatic heterocycles. The minimum Gasteiger partial charge on any atom is -0.448 e. The van der Waals surface area contributed by atoms with Gasteiger partial charge in [-0.25, -0.2) is 9.18 Å². The Hall–Kier alpha value is -2.31. The van der Waals surface area contributed by atoms with Crippen molar-refractivity contribution in [3.63, 3.8) is 0 Å². The Kier molecular flexibility index (Phi) is 5.59. The van der Waals surface area contributed by atoms with Crippen LogP contribution in [0, 0.1) is 5.82 Å². The molecular weight excluding hydrogens is 253 g/mol. The Morgan fingerprint density at radius 1 is 1.42 bits per heavy atom. The Morgan fingerprint density at radius 2 is 2.16 bits per heavy atom. The van der Waals surface area contributed by atoms with Gasteiger partial charge >= 0.3 is 6.09 Å². The monoisotopic (exact) mass is 269 g/mol. The van der Waals surface area contributed by atoms with E-state index in [9.17, 15) is 14.0 Å². The number of hydrogen-bond donors (Lipinski definition) is 3. The van der Waals surface area contributed by atoms with Crippen LogP contribution < -0.4 is 16.4 Å². The number of ether oxygens (including phenoxy) is 1. The maximum absolute atomic E-state index is 13.6. The second-order valence-corrected chi connectivity index (χ2v) is 3.62. The van der Waals surface area contributed by atoms with Crippen LogP contribution in [0.2, 0.25) is 0 Å². The van der Waals surface area contributed by atoms with Gasteiger partial charge in [0.25, 0.3) is 5.91 Å². The molecular formula is C12H16FN3O3. The summed E-state index contributed by atoms with van der Waals surface area (Å²) in [6.45, 7) is 2.36. The maximum Gasteiger partial charge on any atom is 0.404 e. The van der Waals surface area contributed by atoms with Gasteiger partial charge in [0, 0.05) is 6.54 Å². The van der Waals surface area contributed by atoms with E-state index in [2.05, 4.69) is 15.4 Å². The number of primary amides is 1. The average molecular weight is 269 g/mol. The van der Waals surface area contributed by atoms with Crippen molar-refractivity contribution in [3.05, 3.63) is 29.6 Å². The summed E-state index contributed by atoms with van der Waals surface area (Å²) >= 11 is 0. The summed E-state index contributed by atoms with van der Waals surface area (Å²) < 4.78 is 18.0. The molecule has 0 unspecified atom stereocenters. The lowest BCUT2D eigenvalue weighted by atomic mass is 10.1. The molecule has 0 aliphatic heterocycles. The molecule has 0 saturated carbocycles. The van der Waals surface area contributed by atoms with E-state index < -0.39 is 17.8 Å². The number of benzene rings is 1. The van der Waals surface area contributed by atoms with Crippen LogP contribution in [0.1, 0.15) is 17.3 Å². The zero-order chi connectivity index (χ0) is 14.3. The Bertz CT molecular complexity index is 466. The van der Waals surface area contributed by atoms with Gasteiger partial charge in [-0.3, -0.25) is 4.79 Å². The molecule has 1 aromatic carbocycles. The zero-order valence-electron chi connectivity index (χ0n) is 10.5. The highest BCUT2D eigenvalue weighted by Gasteiger charge is 2.14. The van der Waals surface area contributed by atoms with Crippen LogP contribution in [-0.2, 0) is 4.74 Å². The van der Waals surface area contributed by atoms with Gasteiger partial charge in [-0.15, -0.1) is 0 Å². The van der Waals surface area contributed by atoms with Crippen molar-refractivity contribution < 1.29 is 18.7 Å². The third-order valence-electron chi connectivity index (χ3n) is 2.24. The Balaban J connectivity index is 2.66. The lowest BCUT2D eigenvalue weighted by Crippen LogP contribution is -2.29. The molecule has 0 bridgehead atoms. The number of hydrogen-bond acceptors (Lipinski definition) is 4. The summed E-state index contributed by atoms with van der Waals surface area (Å²) in [6.07, 6.45) is -0.909. The highest BCUT2D eigenvalue weighted by molar-refractivity contribution is 5.99. The number of para-hydroxylation sites is 1. The first-order valence-electron chi connectivity index (χ1n) is 5.79. The lowest BCUT2D eigenvalue weighted by molar-refractivity contribution is 0.0937. The Morgan fingerprint density at radius 3 is 2.79 bits per heavy atom. The van der Waals surface area contributed by atoms with E-state index in [0.717, 1.165) is 0 Å². The molecule has 4 N–H and O–H groups in total. The molecule has 0 aliphatic rings. The van der Waals surface area contributed by atoms with Gasteiger partial charge in [0.2, 0.25) is 0 Å². The Labute approximate surface area is 110 Å². The van der Waals surface area contributed by atoms with Crippen molar-refractivity contribution in [1.82, 2.24) is 5.32 Å². The van der Waals surface area contributed by atoms with E-state index in [1.165, 1.54) is 18.2 Å². The lowest BCUT2D eigenvalue weighted by Gasteiger charge is -2.11. The fourth-order valence-electron chi connectivity index (χ4n) is 1.48. The topological polar surface area (TPSA) is 93.4 Å². The molecule has 7 heteroatoms. The van der Waals surface area contributed by atoms with E-state index in [0.29, 0.717) is 6.54 Å². The van der Waals surface area contributed by atoms with E-state index in [1.807, 2.05) is 0 Å². The van der Waals surface area contributed by atoms with Crippen LogP contribution in [0.15, 0.2) is 18.2 Å². The molecule has 0 fully saturated rings. The van der Waals surface area contributed by atoms with Gasteiger partial charge in [-0.05, 0) is 19.1 Å². The van der Waals surface area contributed by atoms with Gasteiger partial charge in [0.05, 0.1) is 17.8 Å². The molecule has 19 heavy (non-hydrogen) atoms. The van der Waals surface area contributed by atoms with Crippen molar-refractivity contribution in [1.29, 1.82) is 0 Å². The number of halogens is 1. The number of amides is 2. The van der Waals surface area contributed by atoms with Crippen LogP contribution in [-0.4, -0.2) is 31.7 Å². The number of carbonyl (C=O) groups is 2. The quantitative estimate of drug-likeness (QED) is 0.674. The molecule has 2 amide bonds. The van der Waals surface area contributed by atoms with E-state index in [4.69, 9.17) is 5.73 Å². The van der Waals surface area contributed by atoms with Crippen molar-refractivity contribution in [2.75, 3.05) is 25.0 Å². The number of anilines is 1.